The van der Waals surface area contributed by atoms with Crippen molar-refractivity contribution in [2.75, 3.05) is 6.61 Å². The second kappa shape index (κ2) is 13.7. The molecule has 0 aromatic carbocycles. The Kier molecular flexibility index (Phi) is 11.3. The van der Waals surface area contributed by atoms with E-state index in [4.69, 9.17) is 4.74 Å². The standard InChI is InChI=1S/C29H43NO5/c1-6-20(2)15-22(4)17-23(5)16-21(3)11-9-7-8-10-12-27(33)30-24(19-31)18-29(34)26(32)14-13-25-28(29)35-25/h7-15,20-21,23-25,28,31,34H,6,16-19H2,1-5H3,(H,30,33)/b8-7+,11-9+,12-10+,22-15+/t20-,21+,23-,24+,25+,28+,29-/m1/s1. The number of allylic oxidation sites excluding steroid dienone is 7. The minimum absolute atomic E-state index is 0.102. The van der Waals surface area contributed by atoms with Crippen LogP contribution in [-0.2, 0) is 14.3 Å². The van der Waals surface area contributed by atoms with Gasteiger partial charge in [0.2, 0.25) is 5.91 Å². The highest BCUT2D eigenvalue weighted by atomic mass is 16.6. The molecule has 1 aliphatic carbocycles. The van der Waals surface area contributed by atoms with Gasteiger partial charge in [0.05, 0.1) is 12.6 Å². The van der Waals surface area contributed by atoms with Gasteiger partial charge in [-0.15, -0.1) is 0 Å². The van der Waals surface area contributed by atoms with Crippen LogP contribution in [0.3, 0.4) is 0 Å². The number of aliphatic hydroxyl groups excluding tert-OH is 1. The van der Waals surface area contributed by atoms with E-state index in [9.17, 15) is 19.8 Å². The van der Waals surface area contributed by atoms with E-state index >= 15 is 0 Å². The van der Waals surface area contributed by atoms with Crippen molar-refractivity contribution < 1.29 is 24.5 Å². The molecule has 1 saturated heterocycles. The van der Waals surface area contributed by atoms with E-state index in [1.54, 1.807) is 18.2 Å². The van der Waals surface area contributed by atoms with Crippen LogP contribution in [0.4, 0.5) is 0 Å². The number of nitrogens with one attached hydrogen (secondary N) is 1. The second-order valence-corrected chi connectivity index (χ2v) is 10.3. The number of epoxide rings is 1. The second-order valence-electron chi connectivity index (χ2n) is 10.3. The Morgan fingerprint density at radius 2 is 1.91 bits per heavy atom. The molecule has 1 heterocycles. The van der Waals surface area contributed by atoms with Crippen LogP contribution in [0, 0.1) is 17.8 Å². The lowest BCUT2D eigenvalue weighted by Gasteiger charge is -2.29. The third kappa shape index (κ3) is 9.36. The van der Waals surface area contributed by atoms with Crippen LogP contribution in [0.25, 0.3) is 0 Å². The normalized spacial score (nSPS) is 27.9. The average molecular weight is 486 g/mol. The fourth-order valence-corrected chi connectivity index (χ4v) is 4.67. The van der Waals surface area contributed by atoms with E-state index in [1.165, 1.54) is 24.1 Å². The lowest BCUT2D eigenvalue weighted by molar-refractivity contribution is -0.137. The third-order valence-electron chi connectivity index (χ3n) is 6.66. The summed E-state index contributed by atoms with van der Waals surface area (Å²) >= 11 is 0. The number of aliphatic hydroxyl groups is 2. The molecule has 0 radical (unpaired) electrons. The Morgan fingerprint density at radius 3 is 2.60 bits per heavy atom. The van der Waals surface area contributed by atoms with Gasteiger partial charge in [-0.25, -0.2) is 0 Å². The highest BCUT2D eigenvalue weighted by molar-refractivity contribution is 5.99. The maximum Gasteiger partial charge on any atom is 0.244 e. The minimum atomic E-state index is -1.72. The molecule has 1 aliphatic heterocycles. The summed E-state index contributed by atoms with van der Waals surface area (Å²) in [6.07, 6.45) is 18.5. The molecule has 2 rings (SSSR count). The zero-order chi connectivity index (χ0) is 26.0. The maximum absolute atomic E-state index is 12.2. The molecule has 6 nitrogen and oxygen atoms in total. The van der Waals surface area contributed by atoms with Crippen LogP contribution in [0.5, 0.6) is 0 Å². The highest BCUT2D eigenvalue weighted by Gasteiger charge is 2.59. The largest absolute Gasteiger partial charge is 0.394 e. The van der Waals surface area contributed by atoms with Gasteiger partial charge in [0, 0.05) is 12.5 Å². The zero-order valence-corrected chi connectivity index (χ0v) is 21.8. The van der Waals surface area contributed by atoms with Gasteiger partial charge in [-0.05, 0) is 49.7 Å². The van der Waals surface area contributed by atoms with Crippen LogP contribution in [0.15, 0.2) is 60.3 Å². The molecule has 6 heteroatoms. The molecule has 0 unspecified atom stereocenters. The number of rotatable bonds is 14. The number of carbonyl (C=O) groups is 2. The Labute approximate surface area is 210 Å². The molecule has 0 spiro atoms. The maximum atomic E-state index is 12.2. The fraction of sp³-hybridized carbons (Fsp3) is 0.586. The van der Waals surface area contributed by atoms with Crippen molar-refractivity contribution in [2.45, 2.75) is 84.2 Å². The number of amides is 1. The van der Waals surface area contributed by atoms with Crippen molar-refractivity contribution in [3.8, 4) is 0 Å². The van der Waals surface area contributed by atoms with E-state index in [-0.39, 0.29) is 12.5 Å². The van der Waals surface area contributed by atoms with Gasteiger partial charge in [-0.3, -0.25) is 9.59 Å². The van der Waals surface area contributed by atoms with Crippen LogP contribution in [-0.4, -0.2) is 52.4 Å². The Morgan fingerprint density at radius 1 is 1.20 bits per heavy atom. The Hall–Kier alpha value is -2.28. The van der Waals surface area contributed by atoms with Crippen molar-refractivity contribution >= 4 is 11.7 Å². The highest BCUT2D eigenvalue weighted by Crippen LogP contribution is 2.40. The van der Waals surface area contributed by atoms with Crippen molar-refractivity contribution in [3.05, 3.63) is 60.3 Å². The Bertz CT molecular complexity index is 870. The first kappa shape index (κ1) is 29.0. The summed E-state index contributed by atoms with van der Waals surface area (Å²) in [7, 11) is 0. The molecule has 35 heavy (non-hydrogen) atoms. The SMILES string of the molecule is CC[C@@H](C)/C=C(\C)C[C@H](C)C[C@@H](C)/C=C/C=C/C=C/C(=O)N[C@H](CO)C[C@@]1(O)C(=O)C=C[C@@H]2O[C@@H]21. The average Bonchev–Trinajstić information content (AvgIpc) is 3.59. The van der Waals surface area contributed by atoms with Gasteiger partial charge < -0.3 is 20.3 Å². The fourth-order valence-electron chi connectivity index (χ4n) is 4.67. The smallest absolute Gasteiger partial charge is 0.244 e. The molecule has 1 amide bonds. The summed E-state index contributed by atoms with van der Waals surface area (Å²) in [5, 5.41) is 22.9. The van der Waals surface area contributed by atoms with Crippen molar-refractivity contribution in [1.29, 1.82) is 0 Å². The van der Waals surface area contributed by atoms with E-state index < -0.39 is 36.0 Å². The van der Waals surface area contributed by atoms with Crippen LogP contribution in [0.2, 0.25) is 0 Å². The Balaban J connectivity index is 1.73. The molecule has 7 atom stereocenters. The summed E-state index contributed by atoms with van der Waals surface area (Å²) in [6.45, 7) is 10.8. The number of hydrogen-bond acceptors (Lipinski definition) is 5. The summed E-state index contributed by atoms with van der Waals surface area (Å²) in [5.74, 6) is 0.852. The summed E-state index contributed by atoms with van der Waals surface area (Å²) < 4.78 is 5.31. The van der Waals surface area contributed by atoms with Gasteiger partial charge in [-0.1, -0.05) is 76.1 Å². The summed E-state index contributed by atoms with van der Waals surface area (Å²) in [6, 6.07) is -0.757. The number of ether oxygens (including phenoxy) is 1. The van der Waals surface area contributed by atoms with E-state index in [0.717, 1.165) is 12.8 Å². The van der Waals surface area contributed by atoms with Gasteiger partial charge in [-0.2, -0.15) is 0 Å². The molecule has 0 bridgehead atoms. The zero-order valence-electron chi connectivity index (χ0n) is 21.8. The molecule has 0 aromatic heterocycles. The number of fused-ring (bicyclic) bond motifs is 1. The van der Waals surface area contributed by atoms with Gasteiger partial charge in [0.1, 0.15) is 12.2 Å². The molecule has 0 aromatic rings. The predicted molar refractivity (Wildman–Crippen MR) is 140 cm³/mol. The quantitative estimate of drug-likeness (QED) is 0.148. The molecule has 2 aliphatic rings. The van der Waals surface area contributed by atoms with E-state index in [1.807, 2.05) is 12.2 Å². The van der Waals surface area contributed by atoms with E-state index in [2.05, 4.69) is 52.1 Å². The first-order chi connectivity index (χ1) is 16.6. The molecular formula is C29H43NO5. The minimum Gasteiger partial charge on any atom is -0.394 e. The van der Waals surface area contributed by atoms with Crippen LogP contribution in [0.1, 0.15) is 60.3 Å². The molecule has 0 saturated carbocycles. The molecule has 3 N–H and O–H groups in total. The summed E-state index contributed by atoms with van der Waals surface area (Å²) in [5.41, 5.74) is -0.248. The van der Waals surface area contributed by atoms with Gasteiger partial charge in [0.15, 0.2) is 11.4 Å². The molecule has 194 valence electrons. The van der Waals surface area contributed by atoms with Crippen molar-refractivity contribution in [2.24, 2.45) is 17.8 Å². The van der Waals surface area contributed by atoms with E-state index in [0.29, 0.717) is 17.8 Å². The number of hydrogen-bond donors (Lipinski definition) is 3. The first-order valence-electron chi connectivity index (χ1n) is 12.8. The van der Waals surface area contributed by atoms with Gasteiger partial charge >= 0.3 is 0 Å². The topological polar surface area (TPSA) is 99.2 Å². The number of carbonyl (C=O) groups excluding carboxylic acids is 2. The number of ketones is 1. The molecule has 1 fully saturated rings. The van der Waals surface area contributed by atoms with Crippen molar-refractivity contribution in [3.63, 3.8) is 0 Å². The first-order valence-corrected chi connectivity index (χ1v) is 12.8. The summed E-state index contributed by atoms with van der Waals surface area (Å²) in [4.78, 5) is 24.3. The lowest BCUT2D eigenvalue weighted by atomic mass is 9.82. The predicted octanol–water partition coefficient (Wildman–Crippen LogP) is 4.20. The monoisotopic (exact) mass is 485 g/mol. The third-order valence-corrected chi connectivity index (χ3v) is 6.66. The van der Waals surface area contributed by atoms with Gasteiger partial charge in [0.25, 0.3) is 0 Å². The molecular weight excluding hydrogens is 442 g/mol. The van der Waals surface area contributed by atoms with Crippen LogP contribution < -0.4 is 5.32 Å². The lowest BCUT2D eigenvalue weighted by Crippen LogP contribution is -2.52. The van der Waals surface area contributed by atoms with Crippen LogP contribution >= 0.6 is 0 Å². The van der Waals surface area contributed by atoms with Crippen molar-refractivity contribution in [1.82, 2.24) is 5.32 Å².